The summed E-state index contributed by atoms with van der Waals surface area (Å²) in [6.07, 6.45) is 5.23. The second-order valence-corrected chi connectivity index (χ2v) is 4.30. The molecule has 0 saturated carbocycles. The smallest absolute Gasteiger partial charge is 0.221 e. The van der Waals surface area contributed by atoms with Gasteiger partial charge in [0.2, 0.25) is 5.91 Å². The van der Waals surface area contributed by atoms with Crippen LogP contribution in [0.15, 0.2) is 42.9 Å². The Morgan fingerprint density at radius 1 is 1.37 bits per heavy atom. The van der Waals surface area contributed by atoms with Crippen molar-refractivity contribution in [2.75, 3.05) is 5.32 Å². The Bertz CT molecular complexity index is 556. The number of rotatable bonds is 5. The standard InChI is InChI=1S/C14H16N4O/c1-10(13-9-16-6-7-17-13)18-12-5-3-2-4-11(12)8-14(15)19/h2-7,9-10,18H,8H2,1H3,(H2,15,19). The summed E-state index contributed by atoms with van der Waals surface area (Å²) < 4.78 is 0. The molecule has 5 heteroatoms. The van der Waals surface area contributed by atoms with Gasteiger partial charge in [0, 0.05) is 18.1 Å². The van der Waals surface area contributed by atoms with Gasteiger partial charge < -0.3 is 11.1 Å². The lowest BCUT2D eigenvalue weighted by atomic mass is 10.1. The summed E-state index contributed by atoms with van der Waals surface area (Å²) in [5.41, 5.74) is 7.86. The first-order valence-electron chi connectivity index (χ1n) is 6.05. The largest absolute Gasteiger partial charge is 0.377 e. The highest BCUT2D eigenvalue weighted by molar-refractivity contribution is 5.78. The van der Waals surface area contributed by atoms with Gasteiger partial charge in [0.15, 0.2) is 0 Å². The third-order valence-electron chi connectivity index (χ3n) is 2.78. The molecule has 1 heterocycles. The lowest BCUT2D eigenvalue weighted by molar-refractivity contribution is -0.117. The van der Waals surface area contributed by atoms with Crippen LogP contribution in [-0.4, -0.2) is 15.9 Å². The van der Waals surface area contributed by atoms with Gasteiger partial charge in [-0.3, -0.25) is 14.8 Å². The molecule has 1 aromatic heterocycles. The summed E-state index contributed by atoms with van der Waals surface area (Å²) in [6, 6.07) is 7.61. The molecular formula is C14H16N4O. The fourth-order valence-electron chi connectivity index (χ4n) is 1.84. The van der Waals surface area contributed by atoms with Crippen molar-refractivity contribution in [1.82, 2.24) is 9.97 Å². The zero-order valence-electron chi connectivity index (χ0n) is 10.7. The van der Waals surface area contributed by atoms with Crippen molar-refractivity contribution in [2.24, 2.45) is 5.73 Å². The molecule has 0 spiro atoms. The number of benzene rings is 1. The Kier molecular flexibility index (Phi) is 4.07. The highest BCUT2D eigenvalue weighted by Gasteiger charge is 2.10. The van der Waals surface area contributed by atoms with Crippen molar-refractivity contribution >= 4 is 11.6 Å². The average molecular weight is 256 g/mol. The Labute approximate surface area is 111 Å². The quantitative estimate of drug-likeness (QED) is 0.852. The molecule has 2 aromatic rings. The minimum absolute atomic E-state index is 0.00252. The molecule has 3 N–H and O–H groups in total. The van der Waals surface area contributed by atoms with Crippen LogP contribution in [0, 0.1) is 0 Å². The van der Waals surface area contributed by atoms with E-state index >= 15 is 0 Å². The fourth-order valence-corrected chi connectivity index (χ4v) is 1.84. The zero-order chi connectivity index (χ0) is 13.7. The van der Waals surface area contributed by atoms with Gasteiger partial charge >= 0.3 is 0 Å². The number of hydrogen-bond donors (Lipinski definition) is 2. The zero-order valence-corrected chi connectivity index (χ0v) is 10.7. The molecule has 0 saturated heterocycles. The van der Waals surface area contributed by atoms with Crippen LogP contribution in [0.1, 0.15) is 24.2 Å². The summed E-state index contributed by atoms with van der Waals surface area (Å²) in [5, 5.41) is 3.32. The SMILES string of the molecule is CC(Nc1ccccc1CC(N)=O)c1cnccn1. The monoisotopic (exact) mass is 256 g/mol. The van der Waals surface area contributed by atoms with E-state index in [2.05, 4.69) is 15.3 Å². The highest BCUT2D eigenvalue weighted by Crippen LogP contribution is 2.21. The van der Waals surface area contributed by atoms with E-state index in [9.17, 15) is 4.79 Å². The number of aromatic nitrogens is 2. The first-order valence-corrected chi connectivity index (χ1v) is 6.05. The van der Waals surface area contributed by atoms with E-state index in [1.807, 2.05) is 31.2 Å². The first-order chi connectivity index (χ1) is 9.16. The number of nitrogens with zero attached hydrogens (tertiary/aromatic N) is 2. The van der Waals surface area contributed by atoms with Crippen molar-refractivity contribution in [3.63, 3.8) is 0 Å². The fraction of sp³-hybridized carbons (Fsp3) is 0.214. The van der Waals surface area contributed by atoms with Crippen LogP contribution in [-0.2, 0) is 11.2 Å². The number of para-hydroxylation sites is 1. The number of carbonyl (C=O) groups excluding carboxylic acids is 1. The van der Waals surface area contributed by atoms with E-state index in [4.69, 9.17) is 5.73 Å². The van der Waals surface area contributed by atoms with E-state index in [-0.39, 0.29) is 18.4 Å². The molecule has 1 aromatic carbocycles. The van der Waals surface area contributed by atoms with Gasteiger partial charge in [0.05, 0.1) is 24.4 Å². The Morgan fingerprint density at radius 2 is 2.16 bits per heavy atom. The van der Waals surface area contributed by atoms with Gasteiger partial charge in [-0.1, -0.05) is 18.2 Å². The maximum Gasteiger partial charge on any atom is 0.221 e. The molecule has 5 nitrogen and oxygen atoms in total. The maximum atomic E-state index is 11.0. The Morgan fingerprint density at radius 3 is 2.84 bits per heavy atom. The van der Waals surface area contributed by atoms with Crippen LogP contribution in [0.4, 0.5) is 5.69 Å². The van der Waals surface area contributed by atoms with Crippen molar-refractivity contribution in [3.05, 3.63) is 54.1 Å². The van der Waals surface area contributed by atoms with Gasteiger partial charge in [-0.2, -0.15) is 0 Å². The van der Waals surface area contributed by atoms with Crippen LogP contribution < -0.4 is 11.1 Å². The van der Waals surface area contributed by atoms with Crippen molar-refractivity contribution < 1.29 is 4.79 Å². The second-order valence-electron chi connectivity index (χ2n) is 4.30. The molecule has 2 rings (SSSR count). The Balaban J connectivity index is 2.17. The molecule has 0 aliphatic heterocycles. The summed E-state index contributed by atoms with van der Waals surface area (Å²) in [4.78, 5) is 19.3. The number of amides is 1. The van der Waals surface area contributed by atoms with Crippen molar-refractivity contribution in [1.29, 1.82) is 0 Å². The van der Waals surface area contributed by atoms with Gasteiger partial charge in [0.25, 0.3) is 0 Å². The third-order valence-corrected chi connectivity index (χ3v) is 2.78. The predicted molar refractivity (Wildman–Crippen MR) is 73.4 cm³/mol. The van der Waals surface area contributed by atoms with Crippen molar-refractivity contribution in [3.8, 4) is 0 Å². The molecule has 98 valence electrons. The van der Waals surface area contributed by atoms with E-state index in [1.54, 1.807) is 18.6 Å². The minimum Gasteiger partial charge on any atom is -0.377 e. The molecule has 0 aliphatic rings. The van der Waals surface area contributed by atoms with Gasteiger partial charge in [0.1, 0.15) is 0 Å². The normalized spacial score (nSPS) is 11.8. The number of anilines is 1. The molecule has 0 fully saturated rings. The van der Waals surface area contributed by atoms with E-state index in [0.717, 1.165) is 16.9 Å². The maximum absolute atomic E-state index is 11.0. The second kappa shape index (κ2) is 5.95. The van der Waals surface area contributed by atoms with Crippen LogP contribution in [0.3, 0.4) is 0 Å². The third kappa shape index (κ3) is 3.51. The van der Waals surface area contributed by atoms with Crippen LogP contribution in [0.5, 0.6) is 0 Å². The summed E-state index contributed by atoms with van der Waals surface area (Å²) >= 11 is 0. The van der Waals surface area contributed by atoms with E-state index < -0.39 is 0 Å². The van der Waals surface area contributed by atoms with Crippen LogP contribution >= 0.6 is 0 Å². The summed E-state index contributed by atoms with van der Waals surface area (Å²) in [6.45, 7) is 1.99. The average Bonchev–Trinajstić information content (AvgIpc) is 2.41. The van der Waals surface area contributed by atoms with Crippen molar-refractivity contribution in [2.45, 2.75) is 19.4 Å². The van der Waals surface area contributed by atoms with Gasteiger partial charge in [-0.25, -0.2) is 0 Å². The number of hydrogen-bond acceptors (Lipinski definition) is 4. The molecule has 1 unspecified atom stereocenters. The van der Waals surface area contributed by atoms with Crippen LogP contribution in [0.25, 0.3) is 0 Å². The number of primary amides is 1. The number of nitrogens with two attached hydrogens (primary N) is 1. The molecule has 1 amide bonds. The molecular weight excluding hydrogens is 240 g/mol. The lowest BCUT2D eigenvalue weighted by Gasteiger charge is -2.17. The number of nitrogens with one attached hydrogen (secondary N) is 1. The predicted octanol–water partition coefficient (Wildman–Crippen LogP) is 1.68. The first kappa shape index (κ1) is 13.0. The minimum atomic E-state index is -0.346. The molecule has 0 bridgehead atoms. The highest BCUT2D eigenvalue weighted by atomic mass is 16.1. The number of carbonyl (C=O) groups is 1. The van der Waals surface area contributed by atoms with E-state index in [1.165, 1.54) is 0 Å². The van der Waals surface area contributed by atoms with Crippen LogP contribution in [0.2, 0.25) is 0 Å². The van der Waals surface area contributed by atoms with Gasteiger partial charge in [-0.05, 0) is 18.6 Å². The molecule has 0 radical (unpaired) electrons. The van der Waals surface area contributed by atoms with Gasteiger partial charge in [-0.15, -0.1) is 0 Å². The Hall–Kier alpha value is -2.43. The molecule has 1 atom stereocenters. The topological polar surface area (TPSA) is 80.9 Å². The summed E-state index contributed by atoms with van der Waals surface area (Å²) in [7, 11) is 0. The summed E-state index contributed by atoms with van der Waals surface area (Å²) in [5.74, 6) is -0.346. The lowest BCUT2D eigenvalue weighted by Crippen LogP contribution is -2.16. The molecule has 0 aliphatic carbocycles. The van der Waals surface area contributed by atoms with E-state index in [0.29, 0.717) is 0 Å². The molecule has 19 heavy (non-hydrogen) atoms.